The van der Waals surface area contributed by atoms with Crippen LogP contribution in [0.4, 0.5) is 0 Å². The van der Waals surface area contributed by atoms with Crippen molar-refractivity contribution in [2.75, 3.05) is 0 Å². The molecule has 0 bridgehead atoms. The van der Waals surface area contributed by atoms with Gasteiger partial charge in [-0.25, -0.2) is 0 Å². The van der Waals surface area contributed by atoms with Gasteiger partial charge < -0.3 is 0 Å². The highest BCUT2D eigenvalue weighted by Gasteiger charge is 2.54. The Bertz CT molecular complexity index is 2990. The summed E-state index contributed by atoms with van der Waals surface area (Å²) in [4.78, 5) is 0. The predicted molar refractivity (Wildman–Crippen MR) is 265 cm³/mol. The molecule has 4 aliphatic carbocycles. The first-order valence-electron chi connectivity index (χ1n) is 22.6. The molecule has 62 heavy (non-hydrogen) atoms. The van der Waals surface area contributed by atoms with Gasteiger partial charge in [0.2, 0.25) is 0 Å². The van der Waals surface area contributed by atoms with E-state index in [9.17, 15) is 0 Å². The minimum Gasteiger partial charge on any atom is -0.0836 e. The van der Waals surface area contributed by atoms with Crippen molar-refractivity contribution < 1.29 is 0 Å². The van der Waals surface area contributed by atoms with Gasteiger partial charge in [0.25, 0.3) is 0 Å². The minimum absolute atomic E-state index is 0.0762. The van der Waals surface area contributed by atoms with Gasteiger partial charge in [0.15, 0.2) is 0 Å². The topological polar surface area (TPSA) is 0 Å². The fraction of sp³-hybridized carbons (Fsp3) is 0.161. The van der Waals surface area contributed by atoms with Crippen LogP contribution in [0, 0.1) is 6.92 Å². The molecule has 0 aromatic heterocycles. The van der Waals surface area contributed by atoms with Gasteiger partial charge in [-0.1, -0.05) is 233 Å². The lowest BCUT2D eigenvalue weighted by Crippen LogP contribution is -2.41. The van der Waals surface area contributed by atoms with Gasteiger partial charge in [0.1, 0.15) is 0 Å². The van der Waals surface area contributed by atoms with Crippen LogP contribution in [0.5, 0.6) is 0 Å². The summed E-state index contributed by atoms with van der Waals surface area (Å²) >= 11 is 0. The molecule has 1 unspecified atom stereocenters. The SMILES string of the molecule is CC.CC1(C)c2ccccc2C2(C3=C(C=CCC3)c3cc(-c4ccc(-c5ccc(C6C=C6c6ccccc6)cc5)c5ccccc45)ccc32)c2ccccc21.Cc1ccccc1. The molecular formula is C62H54. The maximum absolute atomic E-state index is 2.50. The molecule has 12 rings (SSSR count). The van der Waals surface area contributed by atoms with Gasteiger partial charge >= 0.3 is 0 Å². The smallest absolute Gasteiger partial charge is 0.0682 e. The number of fused-ring (bicyclic) bond motifs is 9. The lowest BCUT2D eigenvalue weighted by Gasteiger charge is -2.47. The zero-order valence-electron chi connectivity index (χ0n) is 36.6. The average Bonchev–Trinajstić information content (AvgIpc) is 4.09. The van der Waals surface area contributed by atoms with Crippen LogP contribution >= 0.6 is 0 Å². The monoisotopic (exact) mass is 798 g/mol. The Morgan fingerprint density at radius 2 is 1.00 bits per heavy atom. The molecule has 0 saturated carbocycles. The highest BCUT2D eigenvalue weighted by Crippen LogP contribution is 2.63. The lowest BCUT2D eigenvalue weighted by molar-refractivity contribution is 0.550. The molecule has 8 aromatic carbocycles. The Morgan fingerprint density at radius 3 is 1.60 bits per heavy atom. The Morgan fingerprint density at radius 1 is 0.468 bits per heavy atom. The van der Waals surface area contributed by atoms with E-state index in [1.165, 1.54) is 94.2 Å². The van der Waals surface area contributed by atoms with Crippen LogP contribution in [0.1, 0.15) is 96.5 Å². The third-order valence-electron chi connectivity index (χ3n) is 13.8. The first-order valence-corrected chi connectivity index (χ1v) is 22.6. The summed E-state index contributed by atoms with van der Waals surface area (Å²) in [6.45, 7) is 10.9. The van der Waals surface area contributed by atoms with Crippen LogP contribution in [0.3, 0.4) is 0 Å². The normalized spacial score (nSPS) is 16.7. The second-order valence-corrected chi connectivity index (χ2v) is 17.5. The first kappa shape index (κ1) is 39.4. The van der Waals surface area contributed by atoms with Crippen LogP contribution in [0.25, 0.3) is 44.2 Å². The van der Waals surface area contributed by atoms with Gasteiger partial charge in [-0.3, -0.25) is 0 Å². The molecule has 8 aromatic rings. The highest BCUT2D eigenvalue weighted by atomic mass is 14.6. The van der Waals surface area contributed by atoms with E-state index in [1.54, 1.807) is 5.57 Å². The third kappa shape index (κ3) is 6.35. The van der Waals surface area contributed by atoms with E-state index in [0.29, 0.717) is 5.92 Å². The number of hydrogen-bond donors (Lipinski definition) is 0. The first-order chi connectivity index (χ1) is 30.4. The summed E-state index contributed by atoms with van der Waals surface area (Å²) < 4.78 is 0. The van der Waals surface area contributed by atoms with Gasteiger partial charge in [-0.05, 0) is 120 Å². The maximum Gasteiger partial charge on any atom is 0.0682 e. The number of hydrogen-bond acceptors (Lipinski definition) is 0. The third-order valence-corrected chi connectivity index (χ3v) is 13.8. The van der Waals surface area contributed by atoms with Crippen molar-refractivity contribution >= 4 is 21.9 Å². The lowest BCUT2D eigenvalue weighted by atomic mass is 9.54. The van der Waals surface area contributed by atoms with Crippen molar-refractivity contribution in [3.63, 3.8) is 0 Å². The quantitative estimate of drug-likeness (QED) is 0.166. The molecular weight excluding hydrogens is 745 g/mol. The zero-order chi connectivity index (χ0) is 42.4. The van der Waals surface area contributed by atoms with Crippen LogP contribution in [-0.4, -0.2) is 0 Å². The Hall–Kier alpha value is -6.76. The number of rotatable bonds is 4. The second-order valence-electron chi connectivity index (χ2n) is 17.5. The highest BCUT2D eigenvalue weighted by molar-refractivity contribution is 6.06. The van der Waals surface area contributed by atoms with Gasteiger partial charge in [0, 0.05) is 11.3 Å². The van der Waals surface area contributed by atoms with Crippen molar-refractivity contribution in [1.29, 1.82) is 0 Å². The average molecular weight is 799 g/mol. The summed E-state index contributed by atoms with van der Waals surface area (Å²) in [5, 5.41) is 2.58. The Balaban J connectivity index is 0.000000461. The molecule has 4 aliphatic rings. The molecule has 1 spiro atoms. The van der Waals surface area contributed by atoms with E-state index in [1.807, 2.05) is 32.0 Å². The van der Waals surface area contributed by atoms with Crippen molar-refractivity contribution in [1.82, 2.24) is 0 Å². The fourth-order valence-corrected chi connectivity index (χ4v) is 10.9. The Kier molecular flexibility index (Phi) is 10.1. The summed E-state index contributed by atoms with van der Waals surface area (Å²) in [5.74, 6) is 0.418. The van der Waals surface area contributed by atoms with Crippen molar-refractivity contribution in [3.05, 3.63) is 262 Å². The van der Waals surface area contributed by atoms with Crippen LogP contribution in [0.2, 0.25) is 0 Å². The molecule has 0 nitrogen and oxygen atoms in total. The summed E-state index contributed by atoms with van der Waals surface area (Å²) in [7, 11) is 0. The van der Waals surface area contributed by atoms with E-state index in [0.717, 1.165) is 12.8 Å². The summed E-state index contributed by atoms with van der Waals surface area (Å²) in [6, 6.07) is 69.9. The van der Waals surface area contributed by atoms with E-state index in [2.05, 4.69) is 209 Å². The standard InChI is InChI=1S/C53H40.C7H8.C2H6/c1-52(2)48-20-10-12-22-50(48)53(51-23-13-11-21-49(51)52)46-19-9-8-18-42(46)45-32-37(28-31-47(45)53)39-30-29-38(40-16-6-7-17-41(39)40)35-24-26-36(27-25-35)44-33-43(44)34-14-4-3-5-15-34;1-7-5-3-2-4-6-7;1-2/h3-8,10-18,20-33,44H,9,19H2,1-2H3;2-6H,1H3;1-2H3. The molecule has 0 heteroatoms. The molecule has 1 atom stereocenters. The zero-order valence-corrected chi connectivity index (χ0v) is 36.6. The van der Waals surface area contributed by atoms with Gasteiger partial charge in [0.05, 0.1) is 5.41 Å². The van der Waals surface area contributed by atoms with E-state index >= 15 is 0 Å². The van der Waals surface area contributed by atoms with Gasteiger partial charge in [-0.15, -0.1) is 0 Å². The van der Waals surface area contributed by atoms with E-state index in [4.69, 9.17) is 0 Å². The molecule has 302 valence electrons. The largest absolute Gasteiger partial charge is 0.0836 e. The number of aryl methyl sites for hydroxylation is 1. The molecule has 0 saturated heterocycles. The minimum atomic E-state index is -0.285. The summed E-state index contributed by atoms with van der Waals surface area (Å²) in [6.07, 6.45) is 9.33. The fourth-order valence-electron chi connectivity index (χ4n) is 10.9. The van der Waals surface area contributed by atoms with Crippen molar-refractivity contribution in [2.24, 2.45) is 0 Å². The van der Waals surface area contributed by atoms with Crippen LogP contribution in [0.15, 0.2) is 212 Å². The van der Waals surface area contributed by atoms with Crippen molar-refractivity contribution in [2.45, 2.75) is 64.2 Å². The Labute approximate surface area is 368 Å². The molecule has 0 radical (unpaired) electrons. The molecule has 0 aliphatic heterocycles. The van der Waals surface area contributed by atoms with E-state index < -0.39 is 0 Å². The molecule has 0 fully saturated rings. The number of benzene rings is 8. The van der Waals surface area contributed by atoms with Crippen LogP contribution < -0.4 is 0 Å². The summed E-state index contributed by atoms with van der Waals surface area (Å²) in [5.41, 5.74) is 21.7. The molecule has 0 amide bonds. The van der Waals surface area contributed by atoms with E-state index in [-0.39, 0.29) is 10.8 Å². The van der Waals surface area contributed by atoms with Gasteiger partial charge in [-0.2, -0.15) is 0 Å². The van der Waals surface area contributed by atoms with Crippen molar-refractivity contribution in [3.8, 4) is 22.3 Å². The molecule has 0 heterocycles. The predicted octanol–water partition coefficient (Wildman–Crippen LogP) is 16.5. The second kappa shape index (κ2) is 15.9. The van der Waals surface area contributed by atoms with Crippen LogP contribution in [-0.2, 0) is 10.8 Å². The maximum atomic E-state index is 2.50. The number of allylic oxidation sites excluding steroid dienone is 6. The molecule has 0 N–H and O–H groups in total.